The van der Waals surface area contributed by atoms with E-state index in [4.69, 9.17) is 48.4 Å². The molecule has 1 aliphatic heterocycles. The van der Waals surface area contributed by atoms with Crippen LogP contribution in [0.2, 0.25) is 0 Å². The maximum absolute atomic E-state index is 13.7. The number of aryl methyl sites for hydroxylation is 1. The van der Waals surface area contributed by atoms with Gasteiger partial charge < -0.3 is 73.3 Å². The normalized spacial score (nSPS) is 13.1. The highest BCUT2D eigenvalue weighted by Crippen LogP contribution is 2.36. The Labute approximate surface area is 461 Å². The van der Waals surface area contributed by atoms with Crippen LogP contribution in [-0.2, 0) is 63.4 Å². The van der Waals surface area contributed by atoms with E-state index in [9.17, 15) is 37.1 Å². The Balaban J connectivity index is 1.09. The van der Waals surface area contributed by atoms with E-state index in [1.807, 2.05) is 31.7 Å². The minimum atomic E-state index is -1.80. The summed E-state index contributed by atoms with van der Waals surface area (Å²) in [6.07, 6.45) is 7.12. The number of likely N-dealkylation sites (N-methyl/N-ethyl adjacent to an activating group) is 1. The van der Waals surface area contributed by atoms with Crippen molar-refractivity contribution in [1.29, 1.82) is 0 Å². The topological polar surface area (TPSA) is 221 Å². The summed E-state index contributed by atoms with van der Waals surface area (Å²) in [5.74, 6) is -9.11. The van der Waals surface area contributed by atoms with Crippen LogP contribution in [0.15, 0.2) is 22.7 Å². The number of nitrogens with one attached hydrogen (secondary N) is 1. The summed E-state index contributed by atoms with van der Waals surface area (Å²) in [5.41, 5.74) is 7.70. The van der Waals surface area contributed by atoms with Gasteiger partial charge >= 0.3 is 5.97 Å². The number of nitrogens with zero attached hydrogens (tertiary/aromatic N) is 3. The van der Waals surface area contributed by atoms with E-state index in [0.717, 1.165) is 55.8 Å². The molecule has 0 radical (unpaired) electrons. The lowest BCUT2D eigenvalue weighted by Gasteiger charge is -2.24. The Morgan fingerprint density at radius 1 is 0.731 bits per heavy atom. The zero-order valence-corrected chi connectivity index (χ0v) is 47.1. The Morgan fingerprint density at radius 2 is 1.28 bits per heavy atom. The van der Waals surface area contributed by atoms with Gasteiger partial charge in [-0.25, -0.2) is 13.8 Å². The number of aliphatic hydroxyl groups excluding tert-OH is 1. The minimum absolute atomic E-state index is 0.0144. The maximum atomic E-state index is 13.7. The lowest BCUT2D eigenvalue weighted by molar-refractivity contribution is -0.175. The zero-order chi connectivity index (χ0) is 57.0. The molecular formula is C54H85F4N5O14S. The summed E-state index contributed by atoms with van der Waals surface area (Å²) < 4.78 is 107. The number of amides is 2. The third kappa shape index (κ3) is 29.9. The Bertz CT molecular complexity index is 2070. The number of fused-ring (bicyclic) bond motifs is 1. The Morgan fingerprint density at radius 3 is 1.83 bits per heavy atom. The van der Waals surface area contributed by atoms with Crippen molar-refractivity contribution in [2.24, 2.45) is 16.1 Å². The van der Waals surface area contributed by atoms with Crippen LogP contribution in [0.4, 0.5) is 23.2 Å². The number of esters is 1. The number of hydrogen-bond acceptors (Lipinski definition) is 18. The van der Waals surface area contributed by atoms with Crippen LogP contribution < -0.4 is 15.8 Å². The molecule has 0 spiro atoms. The molecule has 19 nitrogen and oxygen atoms in total. The summed E-state index contributed by atoms with van der Waals surface area (Å²) in [7, 11) is 2.07. The molecule has 1 aliphatic rings. The van der Waals surface area contributed by atoms with Crippen LogP contribution in [0.5, 0.6) is 5.75 Å². The molecule has 24 heteroatoms. The van der Waals surface area contributed by atoms with Gasteiger partial charge in [-0.15, -0.1) is 11.3 Å². The van der Waals surface area contributed by atoms with E-state index in [0.29, 0.717) is 116 Å². The van der Waals surface area contributed by atoms with E-state index in [2.05, 4.69) is 40.0 Å². The van der Waals surface area contributed by atoms with Crippen LogP contribution in [-0.4, -0.2) is 197 Å². The fourth-order valence-electron chi connectivity index (χ4n) is 7.41. The number of amidine groups is 1. The van der Waals surface area contributed by atoms with E-state index in [1.165, 1.54) is 4.88 Å². The summed E-state index contributed by atoms with van der Waals surface area (Å²) >= 11 is 1.67. The molecule has 1 atom stereocenters. The predicted molar refractivity (Wildman–Crippen MR) is 287 cm³/mol. The van der Waals surface area contributed by atoms with Crippen molar-refractivity contribution in [2.75, 3.05) is 152 Å². The largest absolute Gasteiger partial charge is 0.420 e. The molecule has 0 aliphatic carbocycles. The van der Waals surface area contributed by atoms with Gasteiger partial charge in [0.1, 0.15) is 5.84 Å². The molecule has 0 fully saturated rings. The first-order valence-corrected chi connectivity index (χ1v) is 27.7. The number of aliphatic hydroxyl groups is 1. The van der Waals surface area contributed by atoms with Gasteiger partial charge in [-0.05, 0) is 63.3 Å². The third-order valence-corrected chi connectivity index (χ3v) is 12.4. The van der Waals surface area contributed by atoms with Gasteiger partial charge in [0.05, 0.1) is 129 Å². The fraction of sp³-hybridized carbons (Fsp3) is 0.704. The number of nitrogens with two attached hydrogens (primary N) is 1. The van der Waals surface area contributed by atoms with Gasteiger partial charge in [0.25, 0.3) is 0 Å². The van der Waals surface area contributed by atoms with Crippen LogP contribution in [0.1, 0.15) is 88.8 Å². The highest BCUT2D eigenvalue weighted by molar-refractivity contribution is 7.13. The maximum Gasteiger partial charge on any atom is 0.313 e. The molecule has 0 saturated heterocycles. The molecular weight excluding hydrogens is 1050 g/mol. The van der Waals surface area contributed by atoms with E-state index in [1.54, 1.807) is 11.3 Å². The van der Waals surface area contributed by atoms with Crippen LogP contribution >= 0.6 is 11.3 Å². The lowest BCUT2D eigenvalue weighted by Crippen LogP contribution is -2.36. The molecule has 0 saturated carbocycles. The average molecular weight is 1140 g/mol. The number of hydrogen-bond donors (Lipinski definition) is 3. The molecule has 78 heavy (non-hydrogen) atoms. The summed E-state index contributed by atoms with van der Waals surface area (Å²) in [6, 6.07) is 2.11. The molecule has 4 N–H and O–H groups in total. The summed E-state index contributed by atoms with van der Waals surface area (Å²) in [6.45, 7) is 15.9. The molecule has 2 amide bonds. The molecule has 1 aromatic carbocycles. The fourth-order valence-corrected chi connectivity index (χ4v) is 8.52. The second-order valence-corrected chi connectivity index (χ2v) is 20.6. The van der Waals surface area contributed by atoms with Gasteiger partial charge in [-0.3, -0.25) is 14.4 Å². The number of carbonyl (C=O) groups is 3. The van der Waals surface area contributed by atoms with Gasteiger partial charge in [0.2, 0.25) is 29.2 Å². The molecule has 1 unspecified atom stereocenters. The standard InChI is InChI=1S/C54H85F4N5O14S/c1-6-14-63(16-10-13-60-47(65)38-54(2,3)4)53(67)40-34-45-44(61-46(59)35-40)36-41(78-45)11-8-7-9-15-62(5)17-19-69-30-32-75-49(39-64)76-33-31-74-29-28-73-27-26-72-25-24-71-23-22-70-21-20-68-18-12-48(66)77-52-50(57)42(55)37-43(56)51(52)58/h34,36-37,49,64H,6-33,35,38-39H2,1-5H3,(H2,59,61)(H,60,65). The predicted octanol–water partition coefficient (Wildman–Crippen LogP) is 6.37. The number of halogens is 4. The van der Waals surface area contributed by atoms with Gasteiger partial charge in [0.15, 0.2) is 17.9 Å². The number of carbonyl (C=O) groups excluding carboxylic acids is 3. The molecule has 444 valence electrons. The van der Waals surface area contributed by atoms with E-state index < -0.39 is 47.7 Å². The first kappa shape index (κ1) is 68.1. The van der Waals surface area contributed by atoms with Crippen molar-refractivity contribution >= 4 is 46.7 Å². The smallest absolute Gasteiger partial charge is 0.313 e. The zero-order valence-electron chi connectivity index (χ0n) is 46.3. The van der Waals surface area contributed by atoms with Crippen molar-refractivity contribution in [1.82, 2.24) is 15.1 Å². The second kappa shape index (κ2) is 40.1. The number of ether oxygens (including phenoxy) is 10. The molecule has 1 aromatic heterocycles. The molecule has 2 aromatic rings. The number of unbranched alkanes of at least 4 members (excludes halogenated alkanes) is 2. The Kier molecular flexibility index (Phi) is 35.0. The number of thiophene rings is 1. The van der Waals surface area contributed by atoms with Crippen molar-refractivity contribution in [3.05, 3.63) is 50.7 Å². The lowest BCUT2D eigenvalue weighted by atomic mass is 9.92. The van der Waals surface area contributed by atoms with Crippen molar-refractivity contribution in [3.8, 4) is 5.75 Å². The average Bonchev–Trinajstić information content (AvgIpc) is 3.71. The summed E-state index contributed by atoms with van der Waals surface area (Å²) in [4.78, 5) is 48.7. The SMILES string of the molecule is CCCN(CCCNC(=O)CC(C)(C)C)C(=O)C1=Cc2sc(CCCCCN(C)CCOCCOC(CO)OCCOCCOCCOCCOCCOCCOCCC(=O)Oc3c(F)c(F)cc(F)c3F)cc2N=C(N)C1. The quantitative estimate of drug-likeness (QED) is 0.0164. The minimum Gasteiger partial charge on any atom is -0.420 e. The molecule has 2 heterocycles. The number of benzene rings is 1. The van der Waals surface area contributed by atoms with E-state index >= 15 is 0 Å². The first-order valence-electron chi connectivity index (χ1n) is 26.8. The van der Waals surface area contributed by atoms with Gasteiger partial charge in [-0.2, -0.15) is 8.78 Å². The number of rotatable bonds is 45. The first-order chi connectivity index (χ1) is 37.5. The highest BCUT2D eigenvalue weighted by Gasteiger charge is 2.25. The van der Waals surface area contributed by atoms with Gasteiger partial charge in [0, 0.05) is 55.5 Å². The monoisotopic (exact) mass is 1140 g/mol. The molecule has 3 rings (SSSR count). The summed E-state index contributed by atoms with van der Waals surface area (Å²) in [5, 5.41) is 12.6. The van der Waals surface area contributed by atoms with Crippen LogP contribution in [0.25, 0.3) is 6.08 Å². The van der Waals surface area contributed by atoms with Gasteiger partial charge in [-0.1, -0.05) is 34.1 Å². The second-order valence-electron chi connectivity index (χ2n) is 19.4. The highest BCUT2D eigenvalue weighted by atomic mass is 32.1. The van der Waals surface area contributed by atoms with E-state index in [-0.39, 0.29) is 69.5 Å². The van der Waals surface area contributed by atoms with Crippen molar-refractivity contribution < 1.29 is 84.4 Å². The van der Waals surface area contributed by atoms with Crippen LogP contribution in [0.3, 0.4) is 0 Å². The van der Waals surface area contributed by atoms with Crippen molar-refractivity contribution in [2.45, 2.75) is 91.8 Å². The Hall–Kier alpha value is -4.18. The van der Waals surface area contributed by atoms with Crippen molar-refractivity contribution in [3.63, 3.8) is 0 Å². The number of aliphatic imine (C=N–C) groups is 1. The third-order valence-electron chi connectivity index (χ3n) is 11.3. The van der Waals surface area contributed by atoms with Crippen LogP contribution in [0, 0.1) is 28.7 Å². The molecule has 0 bridgehead atoms.